The van der Waals surface area contributed by atoms with Gasteiger partial charge in [0.2, 0.25) is 0 Å². The zero-order valence-electron chi connectivity index (χ0n) is 13.1. The molecule has 4 rings (SSSR count). The molecule has 1 heterocycles. The van der Waals surface area contributed by atoms with Crippen molar-refractivity contribution in [3.8, 4) is 17.1 Å². The molecule has 0 aliphatic carbocycles. The van der Waals surface area contributed by atoms with Crippen LogP contribution in [0.3, 0.4) is 0 Å². The van der Waals surface area contributed by atoms with E-state index in [1.165, 1.54) is 10.9 Å². The minimum absolute atomic E-state index is 0.0975. The number of aromatic amines is 1. The van der Waals surface area contributed by atoms with Crippen LogP contribution in [0.4, 0.5) is 0 Å². The first-order valence-electron chi connectivity index (χ1n) is 7.72. The Hall–Kier alpha value is -3.67. The number of nitrogens with one attached hydrogen (secondary N) is 1. The van der Waals surface area contributed by atoms with Crippen LogP contribution in [-0.2, 0) is 0 Å². The van der Waals surface area contributed by atoms with Crippen LogP contribution in [0, 0.1) is 0 Å². The predicted octanol–water partition coefficient (Wildman–Crippen LogP) is 2.98. The Labute approximate surface area is 142 Å². The molecule has 0 fully saturated rings. The summed E-state index contributed by atoms with van der Waals surface area (Å²) in [5, 5.41) is 22.7. The average Bonchev–Trinajstić information content (AvgIpc) is 3.02. The number of fused-ring (bicyclic) bond motifs is 1. The van der Waals surface area contributed by atoms with Crippen molar-refractivity contribution in [1.29, 1.82) is 0 Å². The number of phenolic OH excluding ortho intramolecular Hbond substituents is 1. The maximum Gasteiger partial charge on any atom is 0.364 e. The second kappa shape index (κ2) is 6.09. The summed E-state index contributed by atoms with van der Waals surface area (Å²) in [7, 11) is 0. The van der Waals surface area contributed by atoms with Crippen molar-refractivity contribution in [2.45, 2.75) is 0 Å². The second-order valence-electron chi connectivity index (χ2n) is 5.49. The number of aromatic hydroxyl groups is 1. The van der Waals surface area contributed by atoms with Crippen molar-refractivity contribution in [2.75, 3.05) is 0 Å². The molecule has 0 spiro atoms. The maximum absolute atomic E-state index is 12.1. The quantitative estimate of drug-likeness (QED) is 0.567. The van der Waals surface area contributed by atoms with E-state index < -0.39 is 5.69 Å². The maximum atomic E-state index is 12.1. The zero-order chi connectivity index (χ0) is 17.2. The van der Waals surface area contributed by atoms with E-state index in [-0.39, 0.29) is 5.75 Å². The second-order valence-corrected chi connectivity index (χ2v) is 5.49. The lowest BCUT2D eigenvalue weighted by Gasteiger charge is -2.05. The van der Waals surface area contributed by atoms with Gasteiger partial charge in [0, 0.05) is 11.1 Å². The molecule has 6 heteroatoms. The summed E-state index contributed by atoms with van der Waals surface area (Å²) < 4.78 is 1.18. The van der Waals surface area contributed by atoms with Crippen LogP contribution in [-0.4, -0.2) is 26.2 Å². The fourth-order valence-electron chi connectivity index (χ4n) is 2.71. The highest BCUT2D eigenvalue weighted by Gasteiger charge is 2.10. The third kappa shape index (κ3) is 2.70. The summed E-state index contributed by atoms with van der Waals surface area (Å²) in [6.07, 6.45) is 1.47. The first-order chi connectivity index (χ1) is 12.2. The minimum atomic E-state index is -0.449. The van der Waals surface area contributed by atoms with Gasteiger partial charge in [-0.25, -0.2) is 9.89 Å². The number of benzene rings is 3. The first-order valence-corrected chi connectivity index (χ1v) is 7.72. The molecule has 0 unspecified atom stereocenters. The molecular formula is C19H14N4O2. The van der Waals surface area contributed by atoms with Gasteiger partial charge in [-0.1, -0.05) is 60.7 Å². The standard InChI is InChI=1S/C19H14N4O2/c24-17-11-10-13-6-4-5-9-15(13)16(17)12-20-23-18(21-22-19(23)25)14-7-2-1-3-8-14/h1-12,24H,(H,22,25)/b20-12-. The van der Waals surface area contributed by atoms with Crippen LogP contribution in [0.5, 0.6) is 5.75 Å². The topological polar surface area (TPSA) is 83.3 Å². The molecule has 2 N–H and O–H groups in total. The summed E-state index contributed by atoms with van der Waals surface area (Å²) >= 11 is 0. The van der Waals surface area contributed by atoms with Gasteiger partial charge < -0.3 is 5.11 Å². The fourth-order valence-corrected chi connectivity index (χ4v) is 2.71. The lowest BCUT2D eigenvalue weighted by atomic mass is 10.0. The fraction of sp³-hybridized carbons (Fsp3) is 0. The van der Waals surface area contributed by atoms with Gasteiger partial charge in [0.1, 0.15) is 5.75 Å². The van der Waals surface area contributed by atoms with Gasteiger partial charge in [0.15, 0.2) is 5.82 Å². The highest BCUT2D eigenvalue weighted by atomic mass is 16.3. The Morgan fingerprint density at radius 2 is 1.76 bits per heavy atom. The number of nitrogens with zero attached hydrogens (tertiary/aromatic N) is 3. The van der Waals surface area contributed by atoms with E-state index >= 15 is 0 Å². The van der Waals surface area contributed by atoms with E-state index in [1.807, 2.05) is 60.7 Å². The third-order valence-electron chi connectivity index (χ3n) is 3.93. The van der Waals surface area contributed by atoms with Crippen molar-refractivity contribution < 1.29 is 5.11 Å². The molecule has 6 nitrogen and oxygen atoms in total. The summed E-state index contributed by atoms with van der Waals surface area (Å²) in [4.78, 5) is 12.1. The van der Waals surface area contributed by atoms with E-state index in [0.717, 1.165) is 16.3 Å². The molecule has 3 aromatic carbocycles. The normalized spacial score (nSPS) is 11.4. The average molecular weight is 330 g/mol. The van der Waals surface area contributed by atoms with Gasteiger partial charge in [-0.05, 0) is 16.8 Å². The van der Waals surface area contributed by atoms with Crippen LogP contribution in [0.2, 0.25) is 0 Å². The van der Waals surface area contributed by atoms with Gasteiger partial charge in [-0.15, -0.1) is 0 Å². The van der Waals surface area contributed by atoms with Crippen LogP contribution in [0.15, 0.2) is 76.6 Å². The van der Waals surface area contributed by atoms with Crippen LogP contribution < -0.4 is 5.69 Å². The van der Waals surface area contributed by atoms with Crippen molar-refractivity contribution >= 4 is 17.0 Å². The smallest absolute Gasteiger partial charge is 0.364 e. The SMILES string of the molecule is O=c1[nH]nc(-c2ccccc2)n1/N=C\c1c(O)ccc2ccccc12. The summed E-state index contributed by atoms with van der Waals surface area (Å²) in [5.74, 6) is 0.502. The van der Waals surface area contributed by atoms with E-state index in [2.05, 4.69) is 15.3 Å². The van der Waals surface area contributed by atoms with Crippen LogP contribution >= 0.6 is 0 Å². The molecule has 0 aliphatic heterocycles. The van der Waals surface area contributed by atoms with Crippen molar-refractivity contribution in [2.24, 2.45) is 5.10 Å². The molecule has 25 heavy (non-hydrogen) atoms. The number of hydrogen-bond donors (Lipinski definition) is 2. The highest BCUT2D eigenvalue weighted by Crippen LogP contribution is 2.25. The molecule has 0 saturated carbocycles. The molecule has 122 valence electrons. The van der Waals surface area contributed by atoms with Gasteiger partial charge in [-0.2, -0.15) is 14.9 Å². The van der Waals surface area contributed by atoms with E-state index in [9.17, 15) is 9.90 Å². The lowest BCUT2D eigenvalue weighted by Crippen LogP contribution is -2.13. The van der Waals surface area contributed by atoms with E-state index in [0.29, 0.717) is 11.4 Å². The highest BCUT2D eigenvalue weighted by molar-refractivity contribution is 6.02. The molecular weight excluding hydrogens is 316 g/mol. The molecule has 0 aliphatic rings. The predicted molar refractivity (Wildman–Crippen MR) is 96.9 cm³/mol. The Kier molecular flexibility index (Phi) is 3.63. The van der Waals surface area contributed by atoms with Gasteiger partial charge in [0.05, 0.1) is 6.21 Å². The molecule has 0 saturated heterocycles. The van der Waals surface area contributed by atoms with E-state index in [1.54, 1.807) is 6.07 Å². The van der Waals surface area contributed by atoms with Gasteiger partial charge in [-0.3, -0.25) is 0 Å². The van der Waals surface area contributed by atoms with Crippen molar-refractivity contribution in [3.05, 3.63) is 82.8 Å². The van der Waals surface area contributed by atoms with Crippen molar-refractivity contribution in [3.63, 3.8) is 0 Å². The van der Waals surface area contributed by atoms with Crippen LogP contribution in [0.25, 0.3) is 22.2 Å². The Balaban J connectivity index is 1.84. The molecule has 1 aromatic heterocycles. The number of rotatable bonds is 3. The van der Waals surface area contributed by atoms with Crippen LogP contribution in [0.1, 0.15) is 5.56 Å². The molecule has 0 bridgehead atoms. The number of phenols is 1. The zero-order valence-corrected chi connectivity index (χ0v) is 13.1. The van der Waals surface area contributed by atoms with Gasteiger partial charge >= 0.3 is 5.69 Å². The van der Waals surface area contributed by atoms with Crippen molar-refractivity contribution in [1.82, 2.24) is 14.9 Å². The molecule has 0 atom stereocenters. The largest absolute Gasteiger partial charge is 0.507 e. The number of hydrogen-bond acceptors (Lipinski definition) is 4. The Morgan fingerprint density at radius 3 is 2.60 bits per heavy atom. The Morgan fingerprint density at radius 1 is 1.00 bits per heavy atom. The lowest BCUT2D eigenvalue weighted by molar-refractivity contribution is 0.475. The molecule has 0 radical (unpaired) electrons. The molecule has 0 amide bonds. The third-order valence-corrected chi connectivity index (χ3v) is 3.93. The monoisotopic (exact) mass is 330 g/mol. The number of H-pyrrole nitrogens is 1. The summed E-state index contributed by atoms with van der Waals surface area (Å²) in [6, 6.07) is 20.4. The first kappa shape index (κ1) is 14.9. The van der Waals surface area contributed by atoms with E-state index in [4.69, 9.17) is 0 Å². The minimum Gasteiger partial charge on any atom is -0.507 e. The van der Waals surface area contributed by atoms with Gasteiger partial charge in [0.25, 0.3) is 0 Å². The summed E-state index contributed by atoms with van der Waals surface area (Å²) in [6.45, 7) is 0. The number of aromatic nitrogens is 3. The Bertz CT molecular complexity index is 1130. The molecule has 4 aromatic rings. The summed E-state index contributed by atoms with van der Waals surface area (Å²) in [5.41, 5.74) is 0.861.